The van der Waals surface area contributed by atoms with Crippen LogP contribution in [0.15, 0.2) is 58.5 Å². The molecule has 1 aliphatic rings. The summed E-state index contributed by atoms with van der Waals surface area (Å²) >= 11 is 1.37. The summed E-state index contributed by atoms with van der Waals surface area (Å²) in [6.07, 6.45) is 4.24. The van der Waals surface area contributed by atoms with E-state index in [0.717, 1.165) is 36.9 Å². The second-order valence-corrected chi connectivity index (χ2v) is 9.57. The van der Waals surface area contributed by atoms with Gasteiger partial charge < -0.3 is 9.80 Å². The normalized spacial score (nSPS) is 14.1. The lowest BCUT2D eigenvalue weighted by molar-refractivity contribution is -0.127. The van der Waals surface area contributed by atoms with E-state index in [9.17, 15) is 9.59 Å². The number of nitrogens with zero attached hydrogens (tertiary/aromatic N) is 4. The Morgan fingerprint density at radius 2 is 1.75 bits per heavy atom. The molecule has 0 N–H and O–H groups in total. The van der Waals surface area contributed by atoms with Crippen LogP contribution in [0.3, 0.4) is 0 Å². The van der Waals surface area contributed by atoms with Gasteiger partial charge in [0.25, 0.3) is 5.56 Å². The number of benzene rings is 2. The number of carbonyl (C=O) groups is 1. The average Bonchev–Trinajstić information content (AvgIpc) is 3.32. The van der Waals surface area contributed by atoms with Gasteiger partial charge in [0.15, 0.2) is 5.16 Å². The zero-order valence-corrected chi connectivity index (χ0v) is 19.8. The monoisotopic (exact) mass is 450 g/mol. The van der Waals surface area contributed by atoms with Crippen LogP contribution in [0.1, 0.15) is 37.3 Å². The van der Waals surface area contributed by atoms with E-state index >= 15 is 0 Å². The van der Waals surface area contributed by atoms with Crippen LogP contribution >= 0.6 is 11.8 Å². The molecular formula is C25H30N4O2S. The highest BCUT2D eigenvalue weighted by molar-refractivity contribution is 7.99. The van der Waals surface area contributed by atoms with Crippen molar-refractivity contribution in [3.05, 3.63) is 64.4 Å². The van der Waals surface area contributed by atoms with Crippen molar-refractivity contribution in [1.82, 2.24) is 14.5 Å². The number of fused-ring (bicyclic) bond motifs is 1. The smallest absolute Gasteiger partial charge is 0.262 e. The maximum atomic E-state index is 13.2. The van der Waals surface area contributed by atoms with Crippen LogP contribution in [-0.2, 0) is 11.3 Å². The molecule has 0 unspecified atom stereocenters. The Balaban J connectivity index is 1.49. The SMILES string of the molecule is CN(Cc1ccc(N(C)C)cc1)C(=O)CSc1nc2ccccc2c(=O)n1C1CCCC1. The van der Waals surface area contributed by atoms with Gasteiger partial charge in [0, 0.05) is 39.4 Å². The van der Waals surface area contributed by atoms with E-state index in [1.807, 2.05) is 50.0 Å². The lowest BCUT2D eigenvalue weighted by Gasteiger charge is -2.20. The summed E-state index contributed by atoms with van der Waals surface area (Å²) in [5.74, 6) is 0.274. The molecule has 1 amide bonds. The molecule has 1 fully saturated rings. The molecule has 32 heavy (non-hydrogen) atoms. The van der Waals surface area contributed by atoms with E-state index in [1.54, 1.807) is 4.90 Å². The predicted octanol–water partition coefficient (Wildman–Crippen LogP) is 4.33. The van der Waals surface area contributed by atoms with Crippen LogP contribution < -0.4 is 10.5 Å². The van der Waals surface area contributed by atoms with Gasteiger partial charge in [0.1, 0.15) is 0 Å². The average molecular weight is 451 g/mol. The van der Waals surface area contributed by atoms with Crippen LogP contribution in [0.5, 0.6) is 0 Å². The number of anilines is 1. The molecule has 0 bridgehead atoms. The number of hydrogen-bond acceptors (Lipinski definition) is 5. The van der Waals surface area contributed by atoms with Crippen molar-refractivity contribution < 1.29 is 4.79 Å². The summed E-state index contributed by atoms with van der Waals surface area (Å²) in [6, 6.07) is 15.9. The van der Waals surface area contributed by atoms with E-state index in [2.05, 4.69) is 29.2 Å². The summed E-state index contributed by atoms with van der Waals surface area (Å²) < 4.78 is 1.84. The van der Waals surface area contributed by atoms with Crippen molar-refractivity contribution in [2.45, 2.75) is 43.4 Å². The number of thioether (sulfide) groups is 1. The highest BCUT2D eigenvalue weighted by atomic mass is 32.2. The predicted molar refractivity (Wildman–Crippen MR) is 131 cm³/mol. The molecule has 0 atom stereocenters. The number of carbonyl (C=O) groups excluding carboxylic acids is 1. The molecular weight excluding hydrogens is 420 g/mol. The summed E-state index contributed by atoms with van der Waals surface area (Å²) in [7, 11) is 5.84. The fraction of sp³-hybridized carbons (Fsp3) is 0.400. The molecule has 0 spiro atoms. The van der Waals surface area contributed by atoms with Gasteiger partial charge in [-0.2, -0.15) is 0 Å². The third-order valence-electron chi connectivity index (χ3n) is 6.09. The molecule has 0 saturated heterocycles. The number of aromatic nitrogens is 2. The van der Waals surface area contributed by atoms with E-state index in [1.165, 1.54) is 11.8 Å². The van der Waals surface area contributed by atoms with Gasteiger partial charge in [-0.15, -0.1) is 0 Å². The summed E-state index contributed by atoms with van der Waals surface area (Å²) in [6.45, 7) is 0.549. The number of para-hydroxylation sites is 1. The van der Waals surface area contributed by atoms with Gasteiger partial charge in [-0.3, -0.25) is 14.2 Å². The standard InChI is InChI=1S/C25H30N4O2S/c1-27(2)19-14-12-18(13-15-19)16-28(3)23(30)17-32-25-26-22-11-7-6-10-21(22)24(31)29(25)20-8-4-5-9-20/h6-7,10-15,20H,4-5,8-9,16-17H2,1-3H3. The molecule has 1 aliphatic carbocycles. The molecule has 0 radical (unpaired) electrons. The zero-order chi connectivity index (χ0) is 22.7. The molecule has 2 aromatic carbocycles. The number of amides is 1. The summed E-state index contributed by atoms with van der Waals surface area (Å²) in [5, 5.41) is 1.30. The van der Waals surface area contributed by atoms with Crippen molar-refractivity contribution in [2.75, 3.05) is 31.8 Å². The number of hydrogen-bond donors (Lipinski definition) is 0. The molecule has 1 saturated carbocycles. The Hall–Kier alpha value is -2.80. The van der Waals surface area contributed by atoms with Crippen LogP contribution in [0.4, 0.5) is 5.69 Å². The van der Waals surface area contributed by atoms with Gasteiger partial charge in [-0.1, -0.05) is 48.9 Å². The minimum Gasteiger partial charge on any atom is -0.378 e. The van der Waals surface area contributed by atoms with Gasteiger partial charge in [-0.25, -0.2) is 4.98 Å². The first-order chi connectivity index (χ1) is 15.4. The quantitative estimate of drug-likeness (QED) is 0.396. The molecule has 0 aliphatic heterocycles. The van der Waals surface area contributed by atoms with Gasteiger partial charge >= 0.3 is 0 Å². The zero-order valence-electron chi connectivity index (χ0n) is 19.0. The van der Waals surface area contributed by atoms with Crippen molar-refractivity contribution in [2.24, 2.45) is 0 Å². The lowest BCUT2D eigenvalue weighted by atomic mass is 10.2. The van der Waals surface area contributed by atoms with Gasteiger partial charge in [0.2, 0.25) is 5.91 Å². The van der Waals surface area contributed by atoms with E-state index < -0.39 is 0 Å². The summed E-state index contributed by atoms with van der Waals surface area (Å²) in [4.78, 5) is 34.7. The minimum atomic E-state index is 0.00628. The van der Waals surface area contributed by atoms with Crippen LogP contribution in [-0.4, -0.2) is 47.3 Å². The first-order valence-electron chi connectivity index (χ1n) is 11.1. The lowest BCUT2D eigenvalue weighted by Crippen LogP contribution is -2.29. The van der Waals surface area contributed by atoms with E-state index in [4.69, 9.17) is 4.98 Å². The van der Waals surface area contributed by atoms with Crippen LogP contribution in [0.25, 0.3) is 10.9 Å². The maximum absolute atomic E-state index is 13.2. The van der Waals surface area contributed by atoms with Crippen molar-refractivity contribution in [3.63, 3.8) is 0 Å². The fourth-order valence-electron chi connectivity index (χ4n) is 4.21. The third-order valence-corrected chi connectivity index (χ3v) is 7.03. The van der Waals surface area contributed by atoms with Gasteiger partial charge in [0.05, 0.1) is 16.7 Å². The topological polar surface area (TPSA) is 58.4 Å². The molecule has 6 nitrogen and oxygen atoms in total. The second-order valence-electron chi connectivity index (χ2n) is 8.62. The molecule has 7 heteroatoms. The molecule has 1 heterocycles. The Bertz CT molecular complexity index is 1150. The molecule has 168 valence electrons. The minimum absolute atomic E-state index is 0.00628. The second kappa shape index (κ2) is 9.77. The highest BCUT2D eigenvalue weighted by Crippen LogP contribution is 2.32. The highest BCUT2D eigenvalue weighted by Gasteiger charge is 2.23. The number of rotatable bonds is 7. The molecule has 3 aromatic rings. The Kier molecular flexibility index (Phi) is 6.84. The Morgan fingerprint density at radius 1 is 1.06 bits per heavy atom. The third kappa shape index (κ3) is 4.83. The largest absolute Gasteiger partial charge is 0.378 e. The van der Waals surface area contributed by atoms with Crippen LogP contribution in [0.2, 0.25) is 0 Å². The van der Waals surface area contributed by atoms with Crippen molar-refractivity contribution >= 4 is 34.3 Å². The van der Waals surface area contributed by atoms with Crippen molar-refractivity contribution in [3.8, 4) is 0 Å². The van der Waals surface area contributed by atoms with Crippen molar-refractivity contribution in [1.29, 1.82) is 0 Å². The first kappa shape index (κ1) is 22.4. The Labute approximate surface area is 193 Å². The van der Waals surface area contributed by atoms with Crippen LogP contribution in [0, 0.1) is 0 Å². The Morgan fingerprint density at radius 3 is 2.44 bits per heavy atom. The van der Waals surface area contributed by atoms with Gasteiger partial charge in [-0.05, 0) is 42.7 Å². The molecule has 1 aromatic heterocycles. The fourth-order valence-corrected chi connectivity index (χ4v) is 5.22. The van der Waals surface area contributed by atoms with E-state index in [0.29, 0.717) is 22.6 Å². The summed E-state index contributed by atoms with van der Waals surface area (Å²) in [5.41, 5.74) is 2.91. The maximum Gasteiger partial charge on any atom is 0.262 e. The first-order valence-corrected chi connectivity index (χ1v) is 12.1. The van der Waals surface area contributed by atoms with E-state index in [-0.39, 0.29) is 23.3 Å². The molecule has 4 rings (SSSR count).